The lowest BCUT2D eigenvalue weighted by Gasteiger charge is -2.43. The zero-order chi connectivity index (χ0) is 14.6. The van der Waals surface area contributed by atoms with Crippen LogP contribution in [-0.2, 0) is 4.74 Å². The standard InChI is InChI=1S/C18H35NO/c1-5-19-13-15-7-6-12-20-17(15)14-8-10-16(11-9-14)18(2,3)4/h14-17,19H,5-13H2,1-4H3. The molecule has 1 aliphatic heterocycles. The van der Waals surface area contributed by atoms with Crippen molar-refractivity contribution in [3.63, 3.8) is 0 Å². The highest BCUT2D eigenvalue weighted by Gasteiger charge is 2.37. The van der Waals surface area contributed by atoms with Crippen molar-refractivity contribution in [3.8, 4) is 0 Å². The van der Waals surface area contributed by atoms with Crippen molar-refractivity contribution in [1.29, 1.82) is 0 Å². The Hall–Kier alpha value is -0.0800. The summed E-state index contributed by atoms with van der Waals surface area (Å²) >= 11 is 0. The van der Waals surface area contributed by atoms with E-state index in [-0.39, 0.29) is 0 Å². The van der Waals surface area contributed by atoms with Crippen LogP contribution in [0.25, 0.3) is 0 Å². The van der Waals surface area contributed by atoms with Crippen LogP contribution >= 0.6 is 0 Å². The second kappa shape index (κ2) is 7.26. The molecule has 0 aromatic rings. The first-order valence-corrected chi connectivity index (χ1v) is 8.84. The van der Waals surface area contributed by atoms with Gasteiger partial charge in [-0.05, 0) is 68.2 Å². The van der Waals surface area contributed by atoms with Gasteiger partial charge in [-0.2, -0.15) is 0 Å². The second-order valence-corrected chi connectivity index (χ2v) is 8.02. The van der Waals surface area contributed by atoms with E-state index in [1.54, 1.807) is 0 Å². The molecule has 1 aliphatic carbocycles. The lowest BCUT2D eigenvalue weighted by atomic mass is 9.67. The van der Waals surface area contributed by atoms with E-state index in [2.05, 4.69) is 33.0 Å². The highest BCUT2D eigenvalue weighted by Crippen LogP contribution is 2.43. The molecular weight excluding hydrogens is 246 g/mol. The molecule has 1 heterocycles. The maximum absolute atomic E-state index is 6.21. The van der Waals surface area contributed by atoms with Gasteiger partial charge in [0.25, 0.3) is 0 Å². The van der Waals surface area contributed by atoms with E-state index in [1.807, 2.05) is 0 Å². The molecule has 0 radical (unpaired) electrons. The average molecular weight is 281 g/mol. The van der Waals surface area contributed by atoms with E-state index in [0.717, 1.165) is 37.5 Å². The van der Waals surface area contributed by atoms with Crippen LogP contribution < -0.4 is 5.32 Å². The van der Waals surface area contributed by atoms with Gasteiger partial charge >= 0.3 is 0 Å². The third-order valence-corrected chi connectivity index (χ3v) is 5.61. The first kappa shape index (κ1) is 16.3. The lowest BCUT2D eigenvalue weighted by molar-refractivity contribution is -0.0740. The molecule has 118 valence electrons. The predicted molar refractivity (Wildman–Crippen MR) is 85.9 cm³/mol. The van der Waals surface area contributed by atoms with E-state index < -0.39 is 0 Å². The first-order chi connectivity index (χ1) is 9.52. The van der Waals surface area contributed by atoms with Gasteiger partial charge in [0.05, 0.1) is 6.10 Å². The summed E-state index contributed by atoms with van der Waals surface area (Å²) < 4.78 is 6.21. The molecule has 20 heavy (non-hydrogen) atoms. The highest BCUT2D eigenvalue weighted by atomic mass is 16.5. The Bertz CT molecular complexity index is 276. The minimum absolute atomic E-state index is 0.488. The van der Waals surface area contributed by atoms with Gasteiger partial charge in [0.1, 0.15) is 0 Å². The van der Waals surface area contributed by atoms with Crippen LogP contribution in [0, 0.1) is 23.2 Å². The third kappa shape index (κ3) is 4.21. The maximum atomic E-state index is 6.21. The van der Waals surface area contributed by atoms with Crippen molar-refractivity contribution in [3.05, 3.63) is 0 Å². The Morgan fingerprint density at radius 1 is 1.05 bits per heavy atom. The van der Waals surface area contributed by atoms with Crippen LogP contribution in [0.2, 0.25) is 0 Å². The van der Waals surface area contributed by atoms with Gasteiger partial charge in [-0.3, -0.25) is 0 Å². The van der Waals surface area contributed by atoms with E-state index in [4.69, 9.17) is 4.74 Å². The molecule has 2 unspecified atom stereocenters. The van der Waals surface area contributed by atoms with E-state index in [1.165, 1.54) is 38.5 Å². The number of nitrogens with one attached hydrogen (secondary N) is 1. The normalized spacial score (nSPS) is 36.0. The molecule has 0 bridgehead atoms. The highest BCUT2D eigenvalue weighted by molar-refractivity contribution is 4.88. The van der Waals surface area contributed by atoms with Gasteiger partial charge in [0, 0.05) is 13.2 Å². The summed E-state index contributed by atoms with van der Waals surface area (Å²) in [6.07, 6.45) is 8.72. The quantitative estimate of drug-likeness (QED) is 0.832. The zero-order valence-corrected chi connectivity index (χ0v) is 14.1. The first-order valence-electron chi connectivity index (χ1n) is 8.84. The molecule has 2 rings (SSSR count). The fourth-order valence-corrected chi connectivity index (χ4v) is 4.25. The van der Waals surface area contributed by atoms with Crippen molar-refractivity contribution in [2.24, 2.45) is 23.2 Å². The van der Waals surface area contributed by atoms with E-state index >= 15 is 0 Å². The summed E-state index contributed by atoms with van der Waals surface area (Å²) in [6.45, 7) is 12.6. The fraction of sp³-hybridized carbons (Fsp3) is 1.00. The smallest absolute Gasteiger partial charge is 0.0643 e. The summed E-state index contributed by atoms with van der Waals surface area (Å²) in [6, 6.07) is 0. The molecule has 0 aromatic heterocycles. The van der Waals surface area contributed by atoms with E-state index in [0.29, 0.717) is 11.5 Å². The molecule has 1 saturated carbocycles. The van der Waals surface area contributed by atoms with Crippen molar-refractivity contribution >= 4 is 0 Å². The Morgan fingerprint density at radius 2 is 1.75 bits per heavy atom. The number of hydrogen-bond donors (Lipinski definition) is 1. The van der Waals surface area contributed by atoms with Crippen LogP contribution in [0.1, 0.15) is 66.2 Å². The van der Waals surface area contributed by atoms with Gasteiger partial charge < -0.3 is 10.1 Å². The Labute approximate surface area is 126 Å². The van der Waals surface area contributed by atoms with Gasteiger partial charge in [-0.25, -0.2) is 0 Å². The minimum atomic E-state index is 0.488. The van der Waals surface area contributed by atoms with Crippen molar-refractivity contribution in [1.82, 2.24) is 5.32 Å². The summed E-state index contributed by atoms with van der Waals surface area (Å²) in [4.78, 5) is 0. The van der Waals surface area contributed by atoms with Crippen LogP contribution in [0.15, 0.2) is 0 Å². The van der Waals surface area contributed by atoms with Gasteiger partial charge in [-0.15, -0.1) is 0 Å². The monoisotopic (exact) mass is 281 g/mol. The molecule has 2 atom stereocenters. The molecule has 2 heteroatoms. The molecule has 2 aliphatic rings. The van der Waals surface area contributed by atoms with Crippen molar-refractivity contribution in [2.75, 3.05) is 19.7 Å². The Kier molecular flexibility index (Phi) is 5.92. The SMILES string of the molecule is CCNCC1CCCOC1C1CCC(C(C)(C)C)CC1. The average Bonchev–Trinajstić information content (AvgIpc) is 2.45. The van der Waals surface area contributed by atoms with Gasteiger partial charge in [0.15, 0.2) is 0 Å². The molecule has 1 N–H and O–H groups in total. The molecular formula is C18H35NO. The molecule has 0 aromatic carbocycles. The second-order valence-electron chi connectivity index (χ2n) is 8.02. The summed E-state index contributed by atoms with van der Waals surface area (Å²) in [5, 5.41) is 3.54. The van der Waals surface area contributed by atoms with Crippen LogP contribution in [0.4, 0.5) is 0 Å². The fourth-order valence-electron chi connectivity index (χ4n) is 4.25. The minimum Gasteiger partial charge on any atom is -0.378 e. The number of rotatable bonds is 4. The van der Waals surface area contributed by atoms with Crippen LogP contribution in [0.5, 0.6) is 0 Å². The maximum Gasteiger partial charge on any atom is 0.0643 e. The molecule has 0 amide bonds. The topological polar surface area (TPSA) is 21.3 Å². The lowest BCUT2D eigenvalue weighted by Crippen LogP contribution is -2.43. The van der Waals surface area contributed by atoms with E-state index in [9.17, 15) is 0 Å². The zero-order valence-electron chi connectivity index (χ0n) is 14.1. The van der Waals surface area contributed by atoms with Crippen molar-refractivity contribution in [2.45, 2.75) is 72.3 Å². The molecule has 2 fully saturated rings. The number of hydrogen-bond acceptors (Lipinski definition) is 2. The Morgan fingerprint density at radius 3 is 2.35 bits per heavy atom. The predicted octanol–water partition coefficient (Wildman–Crippen LogP) is 4.24. The largest absolute Gasteiger partial charge is 0.378 e. The van der Waals surface area contributed by atoms with Crippen molar-refractivity contribution < 1.29 is 4.74 Å². The van der Waals surface area contributed by atoms with Crippen LogP contribution in [-0.4, -0.2) is 25.8 Å². The van der Waals surface area contributed by atoms with Gasteiger partial charge in [-0.1, -0.05) is 27.7 Å². The Balaban J connectivity index is 1.87. The summed E-state index contributed by atoms with van der Waals surface area (Å²) in [5.74, 6) is 2.48. The molecule has 1 saturated heterocycles. The van der Waals surface area contributed by atoms with Crippen LogP contribution in [0.3, 0.4) is 0 Å². The summed E-state index contributed by atoms with van der Waals surface area (Å²) in [7, 11) is 0. The third-order valence-electron chi connectivity index (χ3n) is 5.61. The molecule has 0 spiro atoms. The summed E-state index contributed by atoms with van der Waals surface area (Å²) in [5.41, 5.74) is 0.488. The molecule has 2 nitrogen and oxygen atoms in total. The van der Waals surface area contributed by atoms with Gasteiger partial charge in [0.2, 0.25) is 0 Å². The number of ether oxygens (including phenoxy) is 1.